The molecule has 0 bridgehead atoms. The van der Waals surface area contributed by atoms with Gasteiger partial charge in [-0.1, -0.05) is 6.92 Å². The van der Waals surface area contributed by atoms with Crippen LogP contribution in [0.5, 0.6) is 0 Å². The Labute approximate surface area is 124 Å². The average molecular weight is 305 g/mol. The second kappa shape index (κ2) is 9.00. The van der Waals surface area contributed by atoms with Crippen LogP contribution in [0.1, 0.15) is 52.4 Å². The molecule has 1 atom stereocenters. The maximum atomic E-state index is 11.2. The van der Waals surface area contributed by atoms with E-state index in [0.29, 0.717) is 17.9 Å². The topological polar surface area (TPSA) is 55.4 Å². The highest BCUT2D eigenvalue weighted by molar-refractivity contribution is 7.90. The maximum absolute atomic E-state index is 11.2. The molecule has 0 amide bonds. The zero-order valence-corrected chi connectivity index (χ0v) is 14.0. The summed E-state index contributed by atoms with van der Waals surface area (Å²) in [5.41, 5.74) is 0. The van der Waals surface area contributed by atoms with Gasteiger partial charge in [-0.15, -0.1) is 0 Å². The molecule has 1 aliphatic carbocycles. The van der Waals surface area contributed by atoms with E-state index >= 15 is 0 Å². The van der Waals surface area contributed by atoms with Crippen LogP contribution in [0.2, 0.25) is 0 Å². The van der Waals surface area contributed by atoms with Crippen LogP contribution < -0.4 is 5.32 Å². The van der Waals surface area contributed by atoms with E-state index in [1.54, 1.807) is 0 Å². The van der Waals surface area contributed by atoms with Crippen molar-refractivity contribution >= 4 is 9.84 Å². The molecule has 0 aromatic carbocycles. The minimum Gasteiger partial charge on any atom is -0.378 e. The van der Waals surface area contributed by atoms with E-state index in [2.05, 4.69) is 12.2 Å². The van der Waals surface area contributed by atoms with Gasteiger partial charge in [0.2, 0.25) is 0 Å². The van der Waals surface area contributed by atoms with Crippen LogP contribution in [0.3, 0.4) is 0 Å². The van der Waals surface area contributed by atoms with E-state index in [0.717, 1.165) is 44.8 Å². The number of nitrogens with one attached hydrogen (secondary N) is 1. The van der Waals surface area contributed by atoms with Crippen molar-refractivity contribution in [2.24, 2.45) is 5.92 Å². The molecule has 0 aromatic rings. The molecule has 4 nitrogen and oxygen atoms in total. The lowest BCUT2D eigenvalue weighted by Gasteiger charge is -2.37. The number of ether oxygens (including phenoxy) is 1. The lowest BCUT2D eigenvalue weighted by molar-refractivity contribution is -0.0292. The molecule has 0 aromatic heterocycles. The summed E-state index contributed by atoms with van der Waals surface area (Å²) in [6.07, 6.45) is 8.13. The summed E-state index contributed by atoms with van der Waals surface area (Å²) >= 11 is 0. The smallest absolute Gasteiger partial charge is 0.147 e. The normalized spacial score (nSPS) is 24.4. The first kappa shape index (κ1) is 17.9. The standard InChI is InChI=1S/C15H31NO3S/c1-4-8-16-14(7-6-9-20(3,17)18)10-13-11-15(12-13)19-5-2/h13-16H,4-12H2,1-3H3. The van der Waals surface area contributed by atoms with Crippen molar-refractivity contribution in [2.75, 3.05) is 25.2 Å². The first-order valence-corrected chi connectivity index (χ1v) is 10.0. The quantitative estimate of drug-likeness (QED) is 0.637. The molecule has 0 radical (unpaired) electrons. The second-order valence-corrected chi connectivity index (χ2v) is 8.33. The number of hydrogen-bond donors (Lipinski definition) is 1. The van der Waals surface area contributed by atoms with E-state index in [1.165, 1.54) is 19.1 Å². The van der Waals surface area contributed by atoms with Crippen LogP contribution in [0.4, 0.5) is 0 Å². The van der Waals surface area contributed by atoms with E-state index in [-0.39, 0.29) is 0 Å². The molecule has 1 aliphatic rings. The zero-order valence-electron chi connectivity index (χ0n) is 13.2. The van der Waals surface area contributed by atoms with Crippen molar-refractivity contribution < 1.29 is 13.2 Å². The number of hydrogen-bond acceptors (Lipinski definition) is 4. The minimum absolute atomic E-state index is 0.309. The maximum Gasteiger partial charge on any atom is 0.147 e. The summed E-state index contributed by atoms with van der Waals surface area (Å²) in [6, 6.07) is 0.462. The van der Waals surface area contributed by atoms with Gasteiger partial charge in [-0.05, 0) is 57.9 Å². The second-order valence-electron chi connectivity index (χ2n) is 6.07. The molecular weight excluding hydrogens is 274 g/mol. The van der Waals surface area contributed by atoms with Crippen molar-refractivity contribution in [3.63, 3.8) is 0 Å². The summed E-state index contributed by atoms with van der Waals surface area (Å²) < 4.78 is 28.0. The van der Waals surface area contributed by atoms with Gasteiger partial charge in [0.1, 0.15) is 9.84 Å². The van der Waals surface area contributed by atoms with Crippen molar-refractivity contribution in [1.29, 1.82) is 0 Å². The molecule has 0 saturated heterocycles. The van der Waals surface area contributed by atoms with Crippen LogP contribution in [0.15, 0.2) is 0 Å². The highest BCUT2D eigenvalue weighted by Gasteiger charge is 2.31. The Morgan fingerprint density at radius 1 is 1.30 bits per heavy atom. The summed E-state index contributed by atoms with van der Waals surface area (Å²) in [4.78, 5) is 0. The van der Waals surface area contributed by atoms with Crippen LogP contribution >= 0.6 is 0 Å². The monoisotopic (exact) mass is 305 g/mol. The van der Waals surface area contributed by atoms with Gasteiger partial charge in [0.25, 0.3) is 0 Å². The zero-order chi connectivity index (χ0) is 15.0. The lowest BCUT2D eigenvalue weighted by Crippen LogP contribution is -2.38. The number of sulfone groups is 1. The fourth-order valence-electron chi connectivity index (χ4n) is 2.88. The molecule has 1 N–H and O–H groups in total. The predicted molar refractivity (Wildman–Crippen MR) is 83.8 cm³/mol. The Bertz CT molecular complexity index is 350. The Kier molecular flexibility index (Phi) is 8.07. The summed E-state index contributed by atoms with van der Waals surface area (Å²) in [7, 11) is -2.82. The molecule has 1 unspecified atom stereocenters. The van der Waals surface area contributed by atoms with Crippen molar-refractivity contribution in [1.82, 2.24) is 5.32 Å². The molecule has 0 heterocycles. The van der Waals surface area contributed by atoms with Gasteiger partial charge < -0.3 is 10.1 Å². The fourth-order valence-corrected chi connectivity index (χ4v) is 3.58. The average Bonchev–Trinajstić information content (AvgIpc) is 2.31. The van der Waals surface area contributed by atoms with Crippen molar-refractivity contribution in [3.05, 3.63) is 0 Å². The molecule has 20 heavy (non-hydrogen) atoms. The van der Waals surface area contributed by atoms with Gasteiger partial charge in [-0.2, -0.15) is 0 Å². The molecule has 5 heteroatoms. The van der Waals surface area contributed by atoms with Gasteiger partial charge in [0.05, 0.1) is 6.10 Å². The molecule has 120 valence electrons. The van der Waals surface area contributed by atoms with Crippen LogP contribution in [-0.2, 0) is 14.6 Å². The third kappa shape index (κ3) is 7.60. The van der Waals surface area contributed by atoms with Gasteiger partial charge >= 0.3 is 0 Å². The number of rotatable bonds is 11. The highest BCUT2D eigenvalue weighted by Crippen LogP contribution is 2.34. The fraction of sp³-hybridized carbons (Fsp3) is 1.00. The first-order valence-electron chi connectivity index (χ1n) is 7.97. The first-order chi connectivity index (χ1) is 9.44. The van der Waals surface area contributed by atoms with Gasteiger partial charge in [0, 0.05) is 24.7 Å². The van der Waals surface area contributed by atoms with Gasteiger partial charge in [-0.3, -0.25) is 0 Å². The Morgan fingerprint density at radius 3 is 2.55 bits per heavy atom. The molecule has 1 saturated carbocycles. The molecule has 0 spiro atoms. The largest absolute Gasteiger partial charge is 0.378 e. The summed E-state index contributed by atoms with van der Waals surface area (Å²) in [5.74, 6) is 1.06. The molecule has 1 fully saturated rings. The molecular formula is C15H31NO3S. The van der Waals surface area contributed by atoms with Gasteiger partial charge in [0.15, 0.2) is 0 Å². The van der Waals surface area contributed by atoms with Crippen LogP contribution in [0.25, 0.3) is 0 Å². The lowest BCUT2D eigenvalue weighted by atomic mass is 9.77. The SMILES string of the molecule is CCCNC(CCCS(C)(=O)=O)CC1CC(OCC)C1. The predicted octanol–water partition coefficient (Wildman–Crippen LogP) is 2.38. The summed E-state index contributed by atoms with van der Waals surface area (Å²) in [5, 5.41) is 3.57. The molecule has 0 aliphatic heterocycles. The summed E-state index contributed by atoms with van der Waals surface area (Å²) in [6.45, 7) is 6.04. The van der Waals surface area contributed by atoms with Crippen molar-refractivity contribution in [3.8, 4) is 0 Å². The Balaban J connectivity index is 2.26. The van der Waals surface area contributed by atoms with Gasteiger partial charge in [-0.25, -0.2) is 8.42 Å². The van der Waals surface area contributed by atoms with E-state index in [4.69, 9.17) is 4.74 Å². The third-order valence-corrected chi connectivity index (χ3v) is 4.99. The van der Waals surface area contributed by atoms with E-state index < -0.39 is 9.84 Å². The highest BCUT2D eigenvalue weighted by atomic mass is 32.2. The third-order valence-electron chi connectivity index (χ3n) is 3.96. The van der Waals surface area contributed by atoms with Crippen molar-refractivity contribution in [2.45, 2.75) is 64.5 Å². The van der Waals surface area contributed by atoms with Crippen LogP contribution in [-0.4, -0.2) is 45.7 Å². The molecule has 1 rings (SSSR count). The van der Waals surface area contributed by atoms with E-state index in [9.17, 15) is 8.42 Å². The Morgan fingerprint density at radius 2 is 2.00 bits per heavy atom. The van der Waals surface area contributed by atoms with E-state index in [1.807, 2.05) is 6.92 Å². The minimum atomic E-state index is -2.82. The van der Waals surface area contributed by atoms with Crippen LogP contribution in [0, 0.1) is 5.92 Å². The Hall–Kier alpha value is -0.130.